The fraction of sp³-hybridized carbons (Fsp3) is 0.158. The third-order valence-corrected chi connectivity index (χ3v) is 3.60. The number of ether oxygens (including phenoxy) is 1. The fourth-order valence-corrected chi connectivity index (χ4v) is 2.26. The van der Waals surface area contributed by atoms with E-state index in [4.69, 9.17) is 4.74 Å². The highest BCUT2D eigenvalue weighted by molar-refractivity contribution is 6.24. The van der Waals surface area contributed by atoms with Crippen molar-refractivity contribution in [2.24, 2.45) is 0 Å². The zero-order valence-electron chi connectivity index (χ0n) is 14.4. The van der Waals surface area contributed by atoms with E-state index in [1.807, 2.05) is 0 Å². The highest BCUT2D eigenvalue weighted by atomic mass is 19.2. The number of nitrogens with one attached hydrogen (secondary N) is 1. The predicted molar refractivity (Wildman–Crippen MR) is 90.1 cm³/mol. The molecule has 4 nitrogen and oxygen atoms in total. The summed E-state index contributed by atoms with van der Waals surface area (Å²) >= 11 is 0. The monoisotopic (exact) mass is 381 g/mol. The zero-order chi connectivity index (χ0) is 20.1. The summed E-state index contributed by atoms with van der Waals surface area (Å²) in [5.74, 6) is -6.92. The first-order valence-corrected chi connectivity index (χ1v) is 7.84. The topological polar surface area (TPSA) is 55.4 Å². The average Bonchev–Trinajstić information content (AvgIpc) is 2.62. The quantitative estimate of drug-likeness (QED) is 0.154. The number of hydrogen-bond donors (Lipinski definition) is 1. The van der Waals surface area contributed by atoms with E-state index in [2.05, 4.69) is 5.32 Å². The standard InChI is InChI=1S/C19H15F4NO3/c1-3-27-19(26)13(9-24-12-6-4-11(20)5-7-12)18(25)16-10(2)17(23)15(22)8-14(16)21/h4-9,24H,3H2,1-2H3. The number of benzene rings is 2. The Bertz CT molecular complexity index is 908. The number of carbonyl (C=O) groups is 2. The molecule has 0 spiro atoms. The van der Waals surface area contributed by atoms with E-state index in [0.29, 0.717) is 5.69 Å². The van der Waals surface area contributed by atoms with E-state index < -0.39 is 51.7 Å². The van der Waals surface area contributed by atoms with Crippen molar-refractivity contribution in [3.63, 3.8) is 0 Å². The highest BCUT2D eigenvalue weighted by Gasteiger charge is 2.28. The van der Waals surface area contributed by atoms with Gasteiger partial charge in [0, 0.05) is 23.5 Å². The van der Waals surface area contributed by atoms with E-state index in [1.54, 1.807) is 0 Å². The largest absolute Gasteiger partial charge is 0.462 e. The smallest absolute Gasteiger partial charge is 0.343 e. The molecule has 142 valence electrons. The molecule has 2 aromatic rings. The summed E-state index contributed by atoms with van der Waals surface area (Å²) in [7, 11) is 0. The highest BCUT2D eigenvalue weighted by Crippen LogP contribution is 2.23. The number of carbonyl (C=O) groups excluding carboxylic acids is 2. The van der Waals surface area contributed by atoms with Crippen LogP contribution in [0.25, 0.3) is 0 Å². The summed E-state index contributed by atoms with van der Waals surface area (Å²) in [5, 5.41) is 2.59. The van der Waals surface area contributed by atoms with Gasteiger partial charge in [0.25, 0.3) is 0 Å². The van der Waals surface area contributed by atoms with Gasteiger partial charge in [-0.15, -0.1) is 0 Å². The molecule has 0 aliphatic heterocycles. The van der Waals surface area contributed by atoms with Gasteiger partial charge in [0.05, 0.1) is 12.2 Å². The molecule has 0 unspecified atom stereocenters. The van der Waals surface area contributed by atoms with Crippen LogP contribution in [0.5, 0.6) is 0 Å². The normalized spacial score (nSPS) is 11.3. The van der Waals surface area contributed by atoms with E-state index in [9.17, 15) is 27.2 Å². The minimum Gasteiger partial charge on any atom is -0.462 e. The summed E-state index contributed by atoms with van der Waals surface area (Å²) < 4.78 is 58.8. The second kappa shape index (κ2) is 8.48. The van der Waals surface area contributed by atoms with Gasteiger partial charge in [-0.25, -0.2) is 22.4 Å². The van der Waals surface area contributed by atoms with E-state index in [-0.39, 0.29) is 12.7 Å². The van der Waals surface area contributed by atoms with Crippen molar-refractivity contribution in [1.82, 2.24) is 0 Å². The molecular weight excluding hydrogens is 366 g/mol. The molecule has 0 fully saturated rings. The summed E-state index contributed by atoms with van der Waals surface area (Å²) in [4.78, 5) is 24.7. The van der Waals surface area contributed by atoms with Crippen LogP contribution in [0.2, 0.25) is 0 Å². The third-order valence-electron chi connectivity index (χ3n) is 3.60. The molecule has 0 bridgehead atoms. The van der Waals surface area contributed by atoms with Crippen molar-refractivity contribution in [3.05, 3.63) is 76.5 Å². The third kappa shape index (κ3) is 4.52. The van der Waals surface area contributed by atoms with Crippen molar-refractivity contribution in [2.75, 3.05) is 11.9 Å². The molecule has 0 aromatic heterocycles. The van der Waals surface area contributed by atoms with Gasteiger partial charge >= 0.3 is 5.97 Å². The van der Waals surface area contributed by atoms with Crippen LogP contribution in [-0.2, 0) is 9.53 Å². The second-order valence-corrected chi connectivity index (χ2v) is 5.41. The lowest BCUT2D eigenvalue weighted by molar-refractivity contribution is -0.138. The van der Waals surface area contributed by atoms with Crippen LogP contribution in [0.1, 0.15) is 22.8 Å². The number of hydrogen-bond acceptors (Lipinski definition) is 4. The Kier molecular flexibility index (Phi) is 6.33. The van der Waals surface area contributed by atoms with Crippen molar-refractivity contribution < 1.29 is 31.9 Å². The summed E-state index contributed by atoms with van der Waals surface area (Å²) in [5.41, 5.74) is -1.66. The van der Waals surface area contributed by atoms with Crippen LogP contribution in [0.15, 0.2) is 42.1 Å². The Balaban J connectivity index is 2.46. The Morgan fingerprint density at radius 3 is 2.30 bits per heavy atom. The predicted octanol–water partition coefficient (Wildman–Crippen LogP) is 4.29. The number of anilines is 1. The van der Waals surface area contributed by atoms with Crippen LogP contribution in [0.4, 0.5) is 23.2 Å². The van der Waals surface area contributed by atoms with Crippen molar-refractivity contribution >= 4 is 17.4 Å². The number of halogens is 4. The minimum absolute atomic E-state index is 0.0702. The van der Waals surface area contributed by atoms with Gasteiger partial charge in [0.2, 0.25) is 5.78 Å². The van der Waals surface area contributed by atoms with Crippen LogP contribution in [0.3, 0.4) is 0 Å². The molecule has 0 amide bonds. The van der Waals surface area contributed by atoms with Gasteiger partial charge in [0.1, 0.15) is 17.2 Å². The van der Waals surface area contributed by atoms with Gasteiger partial charge in [-0.05, 0) is 38.1 Å². The second-order valence-electron chi connectivity index (χ2n) is 5.41. The van der Waals surface area contributed by atoms with Crippen LogP contribution in [-0.4, -0.2) is 18.4 Å². The number of Topliss-reactive ketones (excluding diaryl/α,β-unsaturated/α-hetero) is 1. The molecule has 0 saturated carbocycles. The van der Waals surface area contributed by atoms with Gasteiger partial charge in [-0.2, -0.15) is 0 Å². The number of esters is 1. The van der Waals surface area contributed by atoms with Crippen molar-refractivity contribution in [2.45, 2.75) is 13.8 Å². The van der Waals surface area contributed by atoms with Gasteiger partial charge in [-0.1, -0.05) is 0 Å². The molecule has 2 aromatic carbocycles. The number of ketones is 1. The lowest BCUT2D eigenvalue weighted by Crippen LogP contribution is -2.20. The van der Waals surface area contributed by atoms with E-state index in [0.717, 1.165) is 25.3 Å². The maximum absolute atomic E-state index is 14.1. The lowest BCUT2D eigenvalue weighted by atomic mass is 9.98. The Morgan fingerprint density at radius 1 is 1.07 bits per heavy atom. The van der Waals surface area contributed by atoms with E-state index >= 15 is 0 Å². The minimum atomic E-state index is -1.45. The average molecular weight is 381 g/mol. The number of rotatable bonds is 6. The van der Waals surface area contributed by atoms with Crippen LogP contribution in [0, 0.1) is 30.2 Å². The lowest BCUT2D eigenvalue weighted by Gasteiger charge is -2.11. The molecule has 0 atom stereocenters. The molecule has 1 N–H and O–H groups in total. The SMILES string of the molecule is CCOC(=O)C(=CNc1ccc(F)cc1)C(=O)c1c(F)cc(F)c(F)c1C. The van der Waals surface area contributed by atoms with E-state index in [1.165, 1.54) is 19.1 Å². The molecular formula is C19H15F4NO3. The molecule has 0 aliphatic rings. The van der Waals surface area contributed by atoms with Crippen LogP contribution >= 0.6 is 0 Å². The molecule has 0 heterocycles. The van der Waals surface area contributed by atoms with Crippen molar-refractivity contribution in [3.8, 4) is 0 Å². The molecule has 27 heavy (non-hydrogen) atoms. The Hall–Kier alpha value is -3.16. The molecule has 0 aliphatic carbocycles. The first kappa shape index (κ1) is 20.2. The first-order valence-electron chi connectivity index (χ1n) is 7.84. The first-order chi connectivity index (χ1) is 12.8. The fourth-order valence-electron chi connectivity index (χ4n) is 2.26. The Labute approximate surface area is 152 Å². The summed E-state index contributed by atoms with van der Waals surface area (Å²) in [6.07, 6.45) is 0.938. The van der Waals surface area contributed by atoms with Gasteiger partial charge in [0.15, 0.2) is 11.6 Å². The zero-order valence-corrected chi connectivity index (χ0v) is 14.4. The Morgan fingerprint density at radius 2 is 1.70 bits per heavy atom. The van der Waals surface area contributed by atoms with Gasteiger partial charge < -0.3 is 10.1 Å². The molecule has 0 saturated heterocycles. The van der Waals surface area contributed by atoms with Gasteiger partial charge in [-0.3, -0.25) is 4.79 Å². The maximum atomic E-state index is 14.1. The van der Waals surface area contributed by atoms with Crippen molar-refractivity contribution in [1.29, 1.82) is 0 Å². The van der Waals surface area contributed by atoms with Crippen LogP contribution < -0.4 is 5.32 Å². The molecule has 0 radical (unpaired) electrons. The maximum Gasteiger partial charge on any atom is 0.343 e. The molecule has 8 heteroatoms. The molecule has 2 rings (SSSR count). The summed E-state index contributed by atoms with van der Waals surface area (Å²) in [6.45, 7) is 2.45. The summed E-state index contributed by atoms with van der Waals surface area (Å²) in [6, 6.07) is 5.18.